The van der Waals surface area contributed by atoms with E-state index in [1.54, 1.807) is 0 Å². The standard InChI is InChI=1S/C12H23F2N3O4S/c1-16(22(2,20)21)5-3-4-15-11(19)7-17-9-12(13,14)6-10(17)8-18/h10,18H,3-9H2,1-2H3,(H,15,19). The maximum absolute atomic E-state index is 13.2. The highest BCUT2D eigenvalue weighted by Crippen LogP contribution is 2.31. The minimum Gasteiger partial charge on any atom is -0.395 e. The van der Waals surface area contributed by atoms with Crippen LogP contribution in [0.4, 0.5) is 8.78 Å². The molecule has 0 aromatic carbocycles. The second kappa shape index (κ2) is 7.62. The quantitative estimate of drug-likeness (QED) is 0.557. The van der Waals surface area contributed by atoms with Gasteiger partial charge in [0.05, 0.1) is 26.0 Å². The zero-order valence-corrected chi connectivity index (χ0v) is 13.6. The van der Waals surface area contributed by atoms with Gasteiger partial charge >= 0.3 is 0 Å². The summed E-state index contributed by atoms with van der Waals surface area (Å²) in [7, 11) is -1.80. The zero-order valence-electron chi connectivity index (χ0n) is 12.8. The van der Waals surface area contributed by atoms with Gasteiger partial charge in [0.2, 0.25) is 15.9 Å². The molecule has 10 heteroatoms. The van der Waals surface area contributed by atoms with Crippen LogP contribution in [-0.2, 0) is 14.8 Å². The van der Waals surface area contributed by atoms with Crippen molar-refractivity contribution in [2.24, 2.45) is 0 Å². The summed E-state index contributed by atoms with van der Waals surface area (Å²) < 4.78 is 50.0. The summed E-state index contributed by atoms with van der Waals surface area (Å²) in [5.74, 6) is -3.30. The van der Waals surface area contributed by atoms with Gasteiger partial charge in [-0.25, -0.2) is 21.5 Å². The first-order chi connectivity index (χ1) is 10.0. The number of carbonyl (C=O) groups excluding carboxylic acids is 1. The molecule has 1 rings (SSSR count). The Hall–Kier alpha value is -0.840. The molecule has 1 unspecified atom stereocenters. The molecule has 1 saturated heterocycles. The number of likely N-dealkylation sites (tertiary alicyclic amines) is 1. The van der Waals surface area contributed by atoms with Gasteiger partial charge in [0.25, 0.3) is 5.92 Å². The van der Waals surface area contributed by atoms with Gasteiger partial charge in [-0.3, -0.25) is 9.69 Å². The maximum atomic E-state index is 13.2. The lowest BCUT2D eigenvalue weighted by atomic mass is 10.2. The van der Waals surface area contributed by atoms with Crippen LogP contribution in [0.1, 0.15) is 12.8 Å². The van der Waals surface area contributed by atoms with E-state index in [-0.39, 0.29) is 19.6 Å². The molecule has 1 fully saturated rings. The van der Waals surface area contributed by atoms with Gasteiger partial charge in [-0.15, -0.1) is 0 Å². The lowest BCUT2D eigenvalue weighted by Crippen LogP contribution is -2.42. The van der Waals surface area contributed by atoms with Crippen molar-refractivity contribution in [1.29, 1.82) is 0 Å². The molecule has 1 heterocycles. The third-order valence-electron chi connectivity index (χ3n) is 3.58. The fourth-order valence-corrected chi connectivity index (χ4v) is 2.73. The summed E-state index contributed by atoms with van der Waals surface area (Å²) in [6, 6.07) is -0.711. The molecule has 0 radical (unpaired) electrons. The lowest BCUT2D eigenvalue weighted by Gasteiger charge is -2.21. The summed E-state index contributed by atoms with van der Waals surface area (Å²) in [6.45, 7) is -0.639. The number of hydrogen-bond acceptors (Lipinski definition) is 5. The maximum Gasteiger partial charge on any atom is 0.262 e. The van der Waals surface area contributed by atoms with Crippen molar-refractivity contribution >= 4 is 15.9 Å². The van der Waals surface area contributed by atoms with Gasteiger partial charge in [-0.2, -0.15) is 0 Å². The van der Waals surface area contributed by atoms with E-state index in [9.17, 15) is 22.0 Å². The Bertz CT molecular complexity index is 487. The highest BCUT2D eigenvalue weighted by atomic mass is 32.2. The molecule has 0 aliphatic carbocycles. The number of rotatable bonds is 8. The predicted molar refractivity (Wildman–Crippen MR) is 77.1 cm³/mol. The van der Waals surface area contributed by atoms with Crippen molar-refractivity contribution in [1.82, 2.24) is 14.5 Å². The van der Waals surface area contributed by atoms with Crippen molar-refractivity contribution in [2.75, 3.05) is 46.1 Å². The highest BCUT2D eigenvalue weighted by molar-refractivity contribution is 7.88. The number of nitrogens with zero attached hydrogens (tertiary/aromatic N) is 2. The number of aliphatic hydroxyl groups is 1. The van der Waals surface area contributed by atoms with Crippen LogP contribution in [0.25, 0.3) is 0 Å². The Balaban J connectivity index is 2.29. The van der Waals surface area contributed by atoms with Crippen LogP contribution in [0.2, 0.25) is 0 Å². The molecule has 7 nitrogen and oxygen atoms in total. The Kier molecular flexibility index (Phi) is 6.65. The normalized spacial score (nSPS) is 22.2. The molecule has 0 spiro atoms. The minimum absolute atomic E-state index is 0.206. The van der Waals surface area contributed by atoms with E-state index in [4.69, 9.17) is 5.11 Å². The molecular formula is C12H23F2N3O4S. The van der Waals surface area contributed by atoms with Gasteiger partial charge in [-0.1, -0.05) is 0 Å². The molecule has 0 saturated carbocycles. The van der Waals surface area contributed by atoms with E-state index in [1.165, 1.54) is 16.3 Å². The summed E-state index contributed by atoms with van der Waals surface area (Å²) in [4.78, 5) is 13.0. The molecule has 1 aliphatic rings. The number of halogens is 2. The second-order valence-electron chi connectivity index (χ2n) is 5.59. The van der Waals surface area contributed by atoms with E-state index < -0.39 is 47.5 Å². The molecule has 130 valence electrons. The first-order valence-electron chi connectivity index (χ1n) is 6.96. The number of nitrogens with one attached hydrogen (secondary N) is 1. The molecule has 22 heavy (non-hydrogen) atoms. The molecule has 1 aliphatic heterocycles. The van der Waals surface area contributed by atoms with E-state index in [0.717, 1.165) is 6.26 Å². The number of aliphatic hydroxyl groups excluding tert-OH is 1. The SMILES string of the molecule is CN(CCCNC(=O)CN1CC(F)(F)CC1CO)S(C)(=O)=O. The summed E-state index contributed by atoms with van der Waals surface area (Å²) >= 11 is 0. The van der Waals surface area contributed by atoms with Crippen LogP contribution in [0, 0.1) is 0 Å². The number of amides is 1. The second-order valence-corrected chi connectivity index (χ2v) is 7.68. The summed E-state index contributed by atoms with van der Waals surface area (Å²) in [5.41, 5.74) is 0. The third kappa shape index (κ3) is 6.11. The topological polar surface area (TPSA) is 89.9 Å². The molecule has 0 bridgehead atoms. The van der Waals surface area contributed by atoms with E-state index in [1.807, 2.05) is 0 Å². The largest absolute Gasteiger partial charge is 0.395 e. The van der Waals surface area contributed by atoms with Crippen LogP contribution in [0.3, 0.4) is 0 Å². The van der Waals surface area contributed by atoms with Gasteiger partial charge in [-0.05, 0) is 6.42 Å². The Morgan fingerprint density at radius 2 is 2.14 bits per heavy atom. The smallest absolute Gasteiger partial charge is 0.262 e. The van der Waals surface area contributed by atoms with Gasteiger partial charge in [0, 0.05) is 32.6 Å². The molecule has 1 atom stereocenters. The van der Waals surface area contributed by atoms with Gasteiger partial charge < -0.3 is 10.4 Å². The molecule has 2 N–H and O–H groups in total. The molecular weight excluding hydrogens is 320 g/mol. The highest BCUT2D eigenvalue weighted by Gasteiger charge is 2.44. The number of alkyl halides is 2. The van der Waals surface area contributed by atoms with Crippen molar-refractivity contribution in [3.63, 3.8) is 0 Å². The van der Waals surface area contributed by atoms with Crippen molar-refractivity contribution in [3.8, 4) is 0 Å². The van der Waals surface area contributed by atoms with E-state index in [0.29, 0.717) is 6.42 Å². The lowest BCUT2D eigenvalue weighted by molar-refractivity contribution is -0.122. The van der Waals surface area contributed by atoms with E-state index >= 15 is 0 Å². The number of carbonyl (C=O) groups is 1. The molecule has 0 aromatic heterocycles. The van der Waals surface area contributed by atoms with Crippen LogP contribution in [0.15, 0.2) is 0 Å². The van der Waals surface area contributed by atoms with E-state index in [2.05, 4.69) is 5.32 Å². The zero-order chi connectivity index (χ0) is 17.0. The number of hydrogen-bond donors (Lipinski definition) is 2. The van der Waals surface area contributed by atoms with Gasteiger partial charge in [0.15, 0.2) is 0 Å². The van der Waals surface area contributed by atoms with Crippen molar-refractivity contribution in [3.05, 3.63) is 0 Å². The monoisotopic (exact) mass is 343 g/mol. The predicted octanol–water partition coefficient (Wildman–Crippen LogP) is -0.914. The van der Waals surface area contributed by atoms with Gasteiger partial charge in [0.1, 0.15) is 0 Å². The van der Waals surface area contributed by atoms with Crippen molar-refractivity contribution in [2.45, 2.75) is 24.8 Å². The first kappa shape index (κ1) is 19.2. The van der Waals surface area contributed by atoms with Crippen LogP contribution < -0.4 is 5.32 Å². The molecule has 1 amide bonds. The fraction of sp³-hybridized carbons (Fsp3) is 0.917. The molecule has 0 aromatic rings. The summed E-state index contributed by atoms with van der Waals surface area (Å²) in [6.07, 6.45) is 1.07. The first-order valence-corrected chi connectivity index (χ1v) is 8.81. The number of sulfonamides is 1. The Morgan fingerprint density at radius 3 is 2.68 bits per heavy atom. The van der Waals surface area contributed by atoms with Crippen LogP contribution >= 0.6 is 0 Å². The minimum atomic E-state index is -3.24. The fourth-order valence-electron chi connectivity index (χ4n) is 2.27. The van der Waals surface area contributed by atoms with Crippen LogP contribution in [0.5, 0.6) is 0 Å². The average molecular weight is 343 g/mol. The van der Waals surface area contributed by atoms with Crippen LogP contribution in [-0.4, -0.2) is 86.7 Å². The third-order valence-corrected chi connectivity index (χ3v) is 4.90. The Labute approximate surface area is 129 Å². The average Bonchev–Trinajstić information content (AvgIpc) is 2.67. The Morgan fingerprint density at radius 1 is 1.50 bits per heavy atom. The van der Waals surface area contributed by atoms with Crippen molar-refractivity contribution < 1.29 is 27.1 Å². The summed E-state index contributed by atoms with van der Waals surface area (Å²) in [5, 5.41) is 11.6.